The molecule has 1 unspecified atom stereocenters. The maximum absolute atomic E-state index is 12.2. The van der Waals surface area contributed by atoms with Crippen LogP contribution in [0.4, 0.5) is 0 Å². The fraction of sp³-hybridized carbons (Fsp3) is 0.267. The normalized spacial score (nSPS) is 19.7. The molecular formula is C15H16N2OS. The van der Waals surface area contributed by atoms with Crippen molar-refractivity contribution >= 4 is 17.7 Å². The Morgan fingerprint density at radius 3 is 2.79 bits per heavy atom. The Hall–Kier alpha value is -1.68. The molecule has 0 spiro atoms. The van der Waals surface area contributed by atoms with E-state index in [-0.39, 0.29) is 11.3 Å². The third-order valence-corrected chi connectivity index (χ3v) is 4.54. The lowest BCUT2D eigenvalue weighted by atomic mass is 10.2. The summed E-state index contributed by atoms with van der Waals surface area (Å²) in [5.74, 6) is 1.13. The van der Waals surface area contributed by atoms with Crippen LogP contribution in [0, 0.1) is 0 Å². The van der Waals surface area contributed by atoms with Crippen LogP contribution in [0.1, 0.15) is 23.1 Å². The summed E-state index contributed by atoms with van der Waals surface area (Å²) in [6, 6.07) is 14.2. The number of hydrogen-bond acceptors (Lipinski definition) is 2. The van der Waals surface area contributed by atoms with Gasteiger partial charge < -0.3 is 9.88 Å². The van der Waals surface area contributed by atoms with Crippen LogP contribution in [0.15, 0.2) is 48.7 Å². The van der Waals surface area contributed by atoms with Crippen LogP contribution >= 0.6 is 11.8 Å². The van der Waals surface area contributed by atoms with Gasteiger partial charge in [-0.3, -0.25) is 4.79 Å². The van der Waals surface area contributed by atoms with E-state index in [4.69, 9.17) is 0 Å². The molecule has 1 aliphatic heterocycles. The molecule has 2 aromatic rings. The molecule has 1 amide bonds. The molecule has 1 aliphatic rings. The first-order valence-corrected chi connectivity index (χ1v) is 7.48. The summed E-state index contributed by atoms with van der Waals surface area (Å²) >= 11 is 1.83. The number of benzene rings is 1. The SMILES string of the molecule is O=C1CCSC(c2ccc[nH]2)N1Cc1ccccc1. The Balaban J connectivity index is 1.84. The number of hydrogen-bond donors (Lipinski definition) is 1. The van der Waals surface area contributed by atoms with Crippen LogP contribution in [0.2, 0.25) is 0 Å². The van der Waals surface area contributed by atoms with Crippen molar-refractivity contribution in [3.05, 3.63) is 59.9 Å². The van der Waals surface area contributed by atoms with E-state index in [2.05, 4.69) is 17.1 Å². The lowest BCUT2D eigenvalue weighted by Crippen LogP contribution is -2.36. The summed E-state index contributed by atoms with van der Waals surface area (Å²) < 4.78 is 0. The van der Waals surface area contributed by atoms with Crippen LogP contribution in [0.5, 0.6) is 0 Å². The van der Waals surface area contributed by atoms with Gasteiger partial charge in [-0.2, -0.15) is 0 Å². The van der Waals surface area contributed by atoms with E-state index < -0.39 is 0 Å². The zero-order valence-corrected chi connectivity index (χ0v) is 11.4. The van der Waals surface area contributed by atoms with Crippen molar-refractivity contribution in [2.45, 2.75) is 18.3 Å². The van der Waals surface area contributed by atoms with Gasteiger partial charge >= 0.3 is 0 Å². The van der Waals surface area contributed by atoms with Crippen LogP contribution < -0.4 is 0 Å². The van der Waals surface area contributed by atoms with Gasteiger partial charge in [-0.15, -0.1) is 11.8 Å². The molecule has 2 heterocycles. The van der Waals surface area contributed by atoms with E-state index in [9.17, 15) is 4.79 Å². The Labute approximate surface area is 117 Å². The zero-order chi connectivity index (χ0) is 13.1. The summed E-state index contributed by atoms with van der Waals surface area (Å²) in [7, 11) is 0. The lowest BCUT2D eigenvalue weighted by molar-refractivity contribution is -0.132. The molecule has 1 aromatic carbocycles. The van der Waals surface area contributed by atoms with Gasteiger partial charge in [0.15, 0.2) is 0 Å². The molecule has 0 aliphatic carbocycles. The highest BCUT2D eigenvalue weighted by Crippen LogP contribution is 2.37. The van der Waals surface area contributed by atoms with Gasteiger partial charge in [0.1, 0.15) is 5.37 Å². The Morgan fingerprint density at radius 1 is 1.21 bits per heavy atom. The van der Waals surface area contributed by atoms with E-state index in [1.54, 1.807) is 0 Å². The highest BCUT2D eigenvalue weighted by Gasteiger charge is 2.30. The highest BCUT2D eigenvalue weighted by molar-refractivity contribution is 7.99. The van der Waals surface area contributed by atoms with Gasteiger partial charge in [0, 0.05) is 30.6 Å². The second-order valence-electron chi connectivity index (χ2n) is 4.61. The second-order valence-corrected chi connectivity index (χ2v) is 5.79. The van der Waals surface area contributed by atoms with Crippen molar-refractivity contribution in [1.82, 2.24) is 9.88 Å². The van der Waals surface area contributed by atoms with Gasteiger partial charge in [-0.25, -0.2) is 0 Å². The summed E-state index contributed by atoms with van der Waals surface area (Å²) in [6.45, 7) is 0.677. The minimum Gasteiger partial charge on any atom is -0.363 e. The molecule has 1 fully saturated rings. The van der Waals surface area contributed by atoms with Gasteiger partial charge in [-0.05, 0) is 17.7 Å². The van der Waals surface area contributed by atoms with E-state index in [0.717, 1.165) is 11.4 Å². The molecule has 1 atom stereocenters. The molecular weight excluding hydrogens is 256 g/mol. The Kier molecular flexibility index (Phi) is 3.60. The number of rotatable bonds is 3. The summed E-state index contributed by atoms with van der Waals surface area (Å²) in [5.41, 5.74) is 2.28. The number of H-pyrrole nitrogens is 1. The van der Waals surface area contributed by atoms with Crippen LogP contribution in [-0.2, 0) is 11.3 Å². The standard InChI is InChI=1S/C15H16N2OS/c18-14-8-10-19-15(13-7-4-9-16-13)17(14)11-12-5-2-1-3-6-12/h1-7,9,15-16H,8,10-11H2. The molecule has 0 bridgehead atoms. The first-order valence-electron chi connectivity index (χ1n) is 6.43. The number of nitrogens with one attached hydrogen (secondary N) is 1. The molecule has 1 saturated heterocycles. The van der Waals surface area contributed by atoms with Crippen LogP contribution in [0.25, 0.3) is 0 Å². The van der Waals surface area contributed by atoms with Crippen molar-refractivity contribution < 1.29 is 4.79 Å². The number of carbonyl (C=O) groups excluding carboxylic acids is 1. The van der Waals surface area contributed by atoms with E-state index >= 15 is 0 Å². The van der Waals surface area contributed by atoms with E-state index in [1.807, 2.05) is 53.2 Å². The first kappa shape index (κ1) is 12.4. The summed E-state index contributed by atoms with van der Waals surface area (Å²) in [6.07, 6.45) is 2.55. The van der Waals surface area contributed by atoms with Gasteiger partial charge in [0.2, 0.25) is 5.91 Å². The van der Waals surface area contributed by atoms with Gasteiger partial charge in [0.05, 0.1) is 0 Å². The third-order valence-electron chi connectivity index (χ3n) is 3.28. The quantitative estimate of drug-likeness (QED) is 0.931. The lowest BCUT2D eigenvalue weighted by Gasteiger charge is -2.34. The smallest absolute Gasteiger partial charge is 0.224 e. The minimum atomic E-state index is 0.108. The van der Waals surface area contributed by atoms with Crippen molar-refractivity contribution in [3.8, 4) is 0 Å². The molecule has 19 heavy (non-hydrogen) atoms. The van der Waals surface area contributed by atoms with Crippen molar-refractivity contribution in [1.29, 1.82) is 0 Å². The second kappa shape index (κ2) is 5.53. The first-order chi connectivity index (χ1) is 9.34. The van der Waals surface area contributed by atoms with Crippen molar-refractivity contribution in [2.75, 3.05) is 5.75 Å². The average molecular weight is 272 g/mol. The van der Waals surface area contributed by atoms with E-state index in [1.165, 1.54) is 5.56 Å². The number of aromatic amines is 1. The summed E-state index contributed by atoms with van der Waals surface area (Å²) in [4.78, 5) is 17.4. The Morgan fingerprint density at radius 2 is 2.05 bits per heavy atom. The van der Waals surface area contributed by atoms with Crippen LogP contribution in [0.3, 0.4) is 0 Å². The largest absolute Gasteiger partial charge is 0.363 e. The van der Waals surface area contributed by atoms with Crippen molar-refractivity contribution in [3.63, 3.8) is 0 Å². The molecule has 98 valence electrons. The number of thioether (sulfide) groups is 1. The number of carbonyl (C=O) groups is 1. The number of nitrogens with zero attached hydrogens (tertiary/aromatic N) is 1. The van der Waals surface area contributed by atoms with Gasteiger partial charge in [0.25, 0.3) is 0 Å². The molecule has 3 nitrogen and oxygen atoms in total. The Bertz CT molecular complexity index is 539. The molecule has 0 radical (unpaired) electrons. The molecule has 1 aromatic heterocycles. The monoisotopic (exact) mass is 272 g/mol. The molecule has 3 rings (SSSR count). The molecule has 1 N–H and O–H groups in total. The fourth-order valence-corrected chi connectivity index (χ4v) is 3.54. The number of aromatic nitrogens is 1. The topological polar surface area (TPSA) is 36.1 Å². The zero-order valence-electron chi connectivity index (χ0n) is 10.6. The van der Waals surface area contributed by atoms with Crippen molar-refractivity contribution in [2.24, 2.45) is 0 Å². The summed E-state index contributed by atoms with van der Waals surface area (Å²) in [5, 5.41) is 0.108. The number of amides is 1. The maximum Gasteiger partial charge on any atom is 0.224 e. The minimum absolute atomic E-state index is 0.108. The van der Waals surface area contributed by atoms with Gasteiger partial charge in [-0.1, -0.05) is 30.3 Å². The predicted octanol–water partition coefficient (Wildman–Crippen LogP) is 3.18. The molecule has 4 heteroatoms. The maximum atomic E-state index is 12.2. The predicted molar refractivity (Wildman–Crippen MR) is 77.6 cm³/mol. The highest BCUT2D eigenvalue weighted by atomic mass is 32.2. The fourth-order valence-electron chi connectivity index (χ4n) is 2.33. The molecule has 0 saturated carbocycles. The van der Waals surface area contributed by atoms with E-state index in [0.29, 0.717) is 13.0 Å². The average Bonchev–Trinajstić information content (AvgIpc) is 2.96. The van der Waals surface area contributed by atoms with Crippen LogP contribution in [-0.4, -0.2) is 21.5 Å². The third kappa shape index (κ3) is 2.68.